The van der Waals surface area contributed by atoms with Crippen molar-refractivity contribution >= 4 is 21.6 Å². The molecule has 1 aliphatic rings. The van der Waals surface area contributed by atoms with Gasteiger partial charge in [0.15, 0.2) is 0 Å². The monoisotopic (exact) mass is 315 g/mol. The Hall–Kier alpha value is -1.67. The maximum atomic E-state index is 13.7. The minimum absolute atomic E-state index is 0.147. The van der Waals surface area contributed by atoms with Crippen LogP contribution in [0.5, 0.6) is 0 Å². The van der Waals surface area contributed by atoms with Gasteiger partial charge >= 0.3 is 0 Å². The fraction of sp³-hybridized carbons (Fsp3) is 0.462. The predicted octanol–water partition coefficient (Wildman–Crippen LogP) is 0.651. The summed E-state index contributed by atoms with van der Waals surface area (Å²) in [4.78, 5) is 13.1. The van der Waals surface area contributed by atoms with E-state index in [1.807, 2.05) is 0 Å². The molecule has 1 aromatic carbocycles. The minimum atomic E-state index is -4.09. The van der Waals surface area contributed by atoms with Crippen LogP contribution in [0.4, 0.5) is 10.1 Å². The number of carbonyl (C=O) groups is 1. The van der Waals surface area contributed by atoms with Gasteiger partial charge in [-0.15, -0.1) is 0 Å². The lowest BCUT2D eigenvalue weighted by Crippen LogP contribution is -2.40. The third-order valence-corrected chi connectivity index (χ3v) is 5.28. The smallest absolute Gasteiger partial charge is 0.246 e. The highest BCUT2D eigenvalue weighted by molar-refractivity contribution is 7.89. The number of carbonyl (C=O) groups excluding carboxylic acids is 1. The summed E-state index contributed by atoms with van der Waals surface area (Å²) in [5.41, 5.74) is 5.65. The van der Waals surface area contributed by atoms with Gasteiger partial charge in [-0.05, 0) is 31.0 Å². The van der Waals surface area contributed by atoms with Gasteiger partial charge in [-0.1, -0.05) is 0 Å². The van der Waals surface area contributed by atoms with Gasteiger partial charge in [-0.3, -0.25) is 4.79 Å². The van der Waals surface area contributed by atoms with E-state index in [1.54, 1.807) is 4.90 Å². The second-order valence-corrected chi connectivity index (χ2v) is 7.05. The average molecular weight is 315 g/mol. The normalized spacial score (nSPS) is 15.7. The SMILES string of the molecule is CN(CC(=O)N1CCCC1)S(=O)(=O)c1cc(N)ccc1F. The minimum Gasteiger partial charge on any atom is -0.399 e. The number of hydrogen-bond donors (Lipinski definition) is 1. The van der Waals surface area contributed by atoms with Crippen LogP contribution in [-0.4, -0.2) is 50.2 Å². The van der Waals surface area contributed by atoms with Gasteiger partial charge in [0.1, 0.15) is 10.7 Å². The average Bonchev–Trinajstić information content (AvgIpc) is 2.95. The van der Waals surface area contributed by atoms with Crippen molar-refractivity contribution in [1.29, 1.82) is 0 Å². The van der Waals surface area contributed by atoms with E-state index in [-0.39, 0.29) is 18.1 Å². The molecule has 0 unspecified atom stereocenters. The molecular formula is C13H18FN3O3S. The number of nitrogens with zero attached hydrogens (tertiary/aromatic N) is 2. The number of likely N-dealkylation sites (tertiary alicyclic amines) is 1. The van der Waals surface area contributed by atoms with Crippen LogP contribution in [0.15, 0.2) is 23.1 Å². The highest BCUT2D eigenvalue weighted by Gasteiger charge is 2.28. The van der Waals surface area contributed by atoms with Crippen molar-refractivity contribution < 1.29 is 17.6 Å². The molecule has 0 aromatic heterocycles. The second kappa shape index (κ2) is 5.98. The summed E-state index contributed by atoms with van der Waals surface area (Å²) in [5, 5.41) is 0. The lowest BCUT2D eigenvalue weighted by atomic mass is 10.3. The van der Waals surface area contributed by atoms with E-state index in [9.17, 15) is 17.6 Å². The number of hydrogen-bond acceptors (Lipinski definition) is 4. The first-order chi connectivity index (χ1) is 9.82. The summed E-state index contributed by atoms with van der Waals surface area (Å²) in [6, 6.07) is 3.34. The fourth-order valence-corrected chi connectivity index (χ4v) is 3.44. The summed E-state index contributed by atoms with van der Waals surface area (Å²) in [6.45, 7) is 0.968. The first kappa shape index (κ1) is 15.7. The van der Waals surface area contributed by atoms with Crippen molar-refractivity contribution in [1.82, 2.24) is 9.21 Å². The van der Waals surface area contributed by atoms with Gasteiger partial charge in [0.2, 0.25) is 15.9 Å². The molecule has 0 saturated carbocycles. The Labute approximate surface area is 123 Å². The molecule has 1 saturated heterocycles. The number of benzene rings is 1. The zero-order valence-corrected chi connectivity index (χ0v) is 12.6. The standard InChI is InChI=1S/C13H18FN3O3S/c1-16(9-13(18)17-6-2-3-7-17)21(19,20)12-8-10(15)4-5-11(12)14/h4-5,8H,2-3,6-7,9,15H2,1H3. The third kappa shape index (κ3) is 3.33. The number of sulfonamides is 1. The summed E-state index contributed by atoms with van der Waals surface area (Å²) < 4.78 is 39.2. The molecule has 2 rings (SSSR count). The molecular weight excluding hydrogens is 297 g/mol. The first-order valence-electron chi connectivity index (χ1n) is 6.61. The Morgan fingerprint density at radius 3 is 2.62 bits per heavy atom. The van der Waals surface area contributed by atoms with Crippen molar-refractivity contribution in [2.45, 2.75) is 17.7 Å². The molecule has 0 bridgehead atoms. The van der Waals surface area contributed by atoms with Gasteiger partial charge in [-0.25, -0.2) is 12.8 Å². The van der Waals surface area contributed by atoms with E-state index in [0.717, 1.165) is 29.3 Å². The molecule has 116 valence electrons. The van der Waals surface area contributed by atoms with E-state index < -0.39 is 20.7 Å². The predicted molar refractivity (Wildman–Crippen MR) is 76.4 cm³/mol. The Morgan fingerprint density at radius 2 is 2.00 bits per heavy atom. The number of rotatable bonds is 4. The summed E-state index contributed by atoms with van der Waals surface area (Å²) >= 11 is 0. The van der Waals surface area contributed by atoms with Gasteiger partial charge in [-0.2, -0.15) is 4.31 Å². The molecule has 1 aliphatic heterocycles. The Kier molecular flexibility index (Phi) is 4.48. The molecule has 0 spiro atoms. The molecule has 1 aromatic rings. The van der Waals surface area contributed by atoms with Crippen molar-refractivity contribution in [3.05, 3.63) is 24.0 Å². The topological polar surface area (TPSA) is 83.7 Å². The lowest BCUT2D eigenvalue weighted by molar-refractivity contribution is -0.130. The number of halogens is 1. The van der Waals surface area contributed by atoms with E-state index in [2.05, 4.69) is 0 Å². The highest BCUT2D eigenvalue weighted by Crippen LogP contribution is 2.21. The molecule has 1 heterocycles. The number of amides is 1. The molecule has 0 atom stereocenters. The van der Waals surface area contributed by atoms with Gasteiger partial charge in [0, 0.05) is 25.8 Å². The molecule has 6 nitrogen and oxygen atoms in total. The number of anilines is 1. The van der Waals surface area contributed by atoms with Crippen molar-refractivity contribution in [3.63, 3.8) is 0 Å². The summed E-state index contributed by atoms with van der Waals surface area (Å²) in [5.74, 6) is -1.16. The summed E-state index contributed by atoms with van der Waals surface area (Å²) in [7, 11) is -2.83. The molecule has 8 heteroatoms. The van der Waals surface area contributed by atoms with Crippen molar-refractivity contribution in [3.8, 4) is 0 Å². The number of nitrogen functional groups attached to an aromatic ring is 1. The van der Waals surface area contributed by atoms with Crippen LogP contribution in [-0.2, 0) is 14.8 Å². The zero-order valence-electron chi connectivity index (χ0n) is 11.8. The maximum absolute atomic E-state index is 13.7. The number of likely N-dealkylation sites (N-methyl/N-ethyl adjacent to an activating group) is 1. The maximum Gasteiger partial charge on any atom is 0.246 e. The van der Waals surface area contributed by atoms with Crippen LogP contribution in [0.1, 0.15) is 12.8 Å². The Balaban J connectivity index is 2.18. The van der Waals surface area contributed by atoms with Crippen molar-refractivity contribution in [2.24, 2.45) is 0 Å². The van der Waals surface area contributed by atoms with Gasteiger partial charge < -0.3 is 10.6 Å². The molecule has 1 amide bonds. The highest BCUT2D eigenvalue weighted by atomic mass is 32.2. The van der Waals surface area contributed by atoms with Crippen LogP contribution < -0.4 is 5.73 Å². The van der Waals surface area contributed by atoms with Gasteiger partial charge in [0.05, 0.1) is 6.54 Å². The third-order valence-electron chi connectivity index (χ3n) is 3.46. The zero-order chi connectivity index (χ0) is 15.6. The lowest BCUT2D eigenvalue weighted by Gasteiger charge is -2.21. The summed E-state index contributed by atoms with van der Waals surface area (Å²) in [6.07, 6.45) is 1.85. The Bertz CT molecular complexity index is 642. The number of nitrogens with two attached hydrogens (primary N) is 1. The molecule has 2 N–H and O–H groups in total. The van der Waals surface area contributed by atoms with Crippen LogP contribution >= 0.6 is 0 Å². The van der Waals surface area contributed by atoms with Crippen molar-refractivity contribution in [2.75, 3.05) is 32.4 Å². The van der Waals surface area contributed by atoms with Crippen LogP contribution in [0.25, 0.3) is 0 Å². The van der Waals surface area contributed by atoms with Crippen LogP contribution in [0, 0.1) is 5.82 Å². The van der Waals surface area contributed by atoms with Crippen LogP contribution in [0.2, 0.25) is 0 Å². The fourth-order valence-electron chi connectivity index (χ4n) is 2.23. The van der Waals surface area contributed by atoms with E-state index in [4.69, 9.17) is 5.73 Å². The second-order valence-electron chi connectivity index (χ2n) is 5.04. The largest absolute Gasteiger partial charge is 0.399 e. The molecule has 21 heavy (non-hydrogen) atoms. The van der Waals surface area contributed by atoms with Gasteiger partial charge in [0.25, 0.3) is 0 Å². The molecule has 0 aliphatic carbocycles. The van der Waals surface area contributed by atoms with E-state index in [1.165, 1.54) is 13.1 Å². The first-order valence-corrected chi connectivity index (χ1v) is 8.05. The molecule has 1 fully saturated rings. The molecule has 0 radical (unpaired) electrons. The quantitative estimate of drug-likeness (QED) is 0.827. The van der Waals surface area contributed by atoms with E-state index in [0.29, 0.717) is 13.1 Å². The van der Waals surface area contributed by atoms with E-state index >= 15 is 0 Å². The Morgan fingerprint density at radius 1 is 1.38 bits per heavy atom. The van der Waals surface area contributed by atoms with Crippen LogP contribution in [0.3, 0.4) is 0 Å².